The van der Waals surface area contributed by atoms with Crippen LogP contribution in [0, 0.1) is 0 Å². The van der Waals surface area contributed by atoms with E-state index in [2.05, 4.69) is 42.3 Å². The first-order valence-corrected chi connectivity index (χ1v) is 6.85. The van der Waals surface area contributed by atoms with Gasteiger partial charge in [0.15, 0.2) is 0 Å². The third kappa shape index (κ3) is 6.98. The number of nitrogens with one attached hydrogen (secondary N) is 1. The Labute approximate surface area is 149 Å². The quantitative estimate of drug-likeness (QED) is 0.231. The zero-order valence-corrected chi connectivity index (χ0v) is 18.7. The number of ether oxygens (including phenoxy) is 1. The minimum atomic E-state index is -0.181. The predicted molar refractivity (Wildman–Crippen MR) is 93.1 cm³/mol. The van der Waals surface area contributed by atoms with Crippen LogP contribution in [0.2, 0.25) is 0 Å². The molecule has 1 aliphatic heterocycles. The standard InChI is InChI=1S/C12H15NO2.CH3NS2.Bi.3H/c1-2-15-12(14)11-7-9-5-3-4-6-10(9)8-13-11;2-1(3)4;;;;/h3-6,11,13H,2,7-8H2,1H3;(H3,2,3,4);;;;. The van der Waals surface area contributed by atoms with E-state index in [1.807, 2.05) is 19.1 Å². The van der Waals surface area contributed by atoms with Crippen molar-refractivity contribution < 1.29 is 9.53 Å². The van der Waals surface area contributed by atoms with Crippen LogP contribution in [0.4, 0.5) is 0 Å². The van der Waals surface area contributed by atoms with Crippen molar-refractivity contribution >= 4 is 61.3 Å². The van der Waals surface area contributed by atoms with E-state index < -0.39 is 0 Å². The van der Waals surface area contributed by atoms with Crippen LogP contribution in [-0.4, -0.2) is 49.1 Å². The molecule has 7 heteroatoms. The molecule has 0 saturated heterocycles. The summed E-state index contributed by atoms with van der Waals surface area (Å²) in [5, 5.41) is 3.19. The molecule has 1 atom stereocenters. The van der Waals surface area contributed by atoms with Gasteiger partial charge < -0.3 is 15.8 Å². The fraction of sp³-hybridized carbons (Fsp3) is 0.385. The van der Waals surface area contributed by atoms with Crippen molar-refractivity contribution in [3.63, 3.8) is 0 Å². The van der Waals surface area contributed by atoms with Crippen LogP contribution in [-0.2, 0) is 22.5 Å². The molecule has 1 aromatic carbocycles. The summed E-state index contributed by atoms with van der Waals surface area (Å²) in [5.74, 6) is -0.146. The monoisotopic (exact) mass is 510 g/mol. The number of nitrogens with two attached hydrogens (primary N) is 1. The molecule has 1 aromatic rings. The van der Waals surface area contributed by atoms with Crippen LogP contribution in [0.3, 0.4) is 0 Å². The van der Waals surface area contributed by atoms with Gasteiger partial charge >= 0.3 is 32.2 Å². The number of thiocarbonyl (C=S) groups is 1. The zero-order chi connectivity index (χ0) is 14.3. The van der Waals surface area contributed by atoms with E-state index in [9.17, 15) is 4.79 Å². The number of fused-ring (bicyclic) bond motifs is 1. The Bertz CT molecular complexity index is 454. The molecule has 0 fully saturated rings. The summed E-state index contributed by atoms with van der Waals surface area (Å²) in [6.45, 7) is 3.02. The van der Waals surface area contributed by atoms with Crippen molar-refractivity contribution in [2.75, 3.05) is 6.61 Å². The molecule has 0 saturated carbocycles. The van der Waals surface area contributed by atoms with Crippen molar-refractivity contribution in [1.82, 2.24) is 5.32 Å². The SMILES string of the molecule is CCOC(=O)C1Cc2ccccc2CN1.NC(=S)S.[BiH3]. The van der Waals surface area contributed by atoms with Gasteiger partial charge in [-0.2, -0.15) is 0 Å². The second kappa shape index (κ2) is 10.5. The summed E-state index contributed by atoms with van der Waals surface area (Å²) in [7, 11) is 0. The minimum absolute atomic E-state index is 0. The average molecular weight is 510 g/mol. The van der Waals surface area contributed by atoms with Crippen molar-refractivity contribution in [3.05, 3.63) is 35.4 Å². The van der Waals surface area contributed by atoms with Crippen molar-refractivity contribution in [2.24, 2.45) is 5.73 Å². The van der Waals surface area contributed by atoms with Crippen molar-refractivity contribution in [3.8, 4) is 0 Å². The second-order valence-corrected chi connectivity index (χ2v) is 5.22. The van der Waals surface area contributed by atoms with Crippen molar-refractivity contribution in [1.29, 1.82) is 0 Å². The molecular formula is C13H21BiN2O2S2. The van der Waals surface area contributed by atoms with Gasteiger partial charge in [0.1, 0.15) is 10.4 Å². The number of carbonyl (C=O) groups is 1. The predicted octanol–water partition coefficient (Wildman–Crippen LogP) is 0.240. The molecule has 0 spiro atoms. The Balaban J connectivity index is 0.000000644. The van der Waals surface area contributed by atoms with Crippen LogP contribution in [0.15, 0.2) is 24.3 Å². The molecule has 0 amide bonds. The zero-order valence-electron chi connectivity index (χ0n) is 11.5. The van der Waals surface area contributed by atoms with Crippen LogP contribution in [0.1, 0.15) is 18.1 Å². The van der Waals surface area contributed by atoms with Gasteiger partial charge in [0, 0.05) is 6.54 Å². The molecule has 1 heterocycles. The molecule has 0 radical (unpaired) electrons. The van der Waals surface area contributed by atoms with Gasteiger partial charge in [0.2, 0.25) is 0 Å². The first kappa shape index (κ1) is 19.8. The van der Waals surface area contributed by atoms with Gasteiger partial charge in [-0.1, -0.05) is 36.5 Å². The summed E-state index contributed by atoms with van der Waals surface area (Å²) in [6, 6.07) is 8.00. The van der Waals surface area contributed by atoms with E-state index >= 15 is 0 Å². The third-order valence-corrected chi connectivity index (χ3v) is 2.65. The molecule has 0 bridgehead atoms. The summed E-state index contributed by atoms with van der Waals surface area (Å²) in [5.41, 5.74) is 7.23. The summed E-state index contributed by atoms with van der Waals surface area (Å²) >= 11 is 7.65. The third-order valence-electron chi connectivity index (χ3n) is 2.65. The Morgan fingerprint density at radius 1 is 1.50 bits per heavy atom. The maximum absolute atomic E-state index is 11.5. The molecule has 4 nitrogen and oxygen atoms in total. The van der Waals surface area contributed by atoms with E-state index in [1.54, 1.807) is 0 Å². The topological polar surface area (TPSA) is 64.3 Å². The molecule has 2 rings (SSSR count). The first-order valence-electron chi connectivity index (χ1n) is 5.99. The number of rotatable bonds is 2. The fourth-order valence-corrected chi connectivity index (χ4v) is 1.86. The van der Waals surface area contributed by atoms with Gasteiger partial charge in [-0.05, 0) is 24.5 Å². The molecule has 1 unspecified atom stereocenters. The molecule has 1 aliphatic rings. The number of hydrogen-bond donors (Lipinski definition) is 3. The van der Waals surface area contributed by atoms with E-state index in [0.29, 0.717) is 6.61 Å². The number of thiol groups is 1. The van der Waals surface area contributed by atoms with E-state index in [0.717, 1.165) is 13.0 Å². The molecule has 20 heavy (non-hydrogen) atoms. The van der Waals surface area contributed by atoms with E-state index in [1.165, 1.54) is 11.1 Å². The Morgan fingerprint density at radius 3 is 2.60 bits per heavy atom. The fourth-order valence-electron chi connectivity index (χ4n) is 1.86. The summed E-state index contributed by atoms with van der Waals surface area (Å²) < 4.78 is 5.19. The van der Waals surface area contributed by atoms with E-state index in [-0.39, 0.29) is 42.5 Å². The second-order valence-electron chi connectivity index (χ2n) is 4.00. The number of benzene rings is 1. The number of esters is 1. The van der Waals surface area contributed by atoms with Crippen LogP contribution >= 0.6 is 24.8 Å². The molecule has 112 valence electrons. The Hall–Kier alpha value is -0.227. The Kier molecular flexibility index (Phi) is 10.4. The molecule has 0 aliphatic carbocycles. The van der Waals surface area contributed by atoms with Gasteiger partial charge in [0.25, 0.3) is 0 Å². The van der Waals surface area contributed by atoms with Crippen LogP contribution < -0.4 is 11.1 Å². The number of hydrogen-bond acceptors (Lipinski definition) is 4. The maximum atomic E-state index is 11.5. The van der Waals surface area contributed by atoms with Gasteiger partial charge in [-0.25, -0.2) is 0 Å². The average Bonchev–Trinajstić information content (AvgIpc) is 2.38. The molecule has 0 aromatic heterocycles. The van der Waals surface area contributed by atoms with Gasteiger partial charge in [0.05, 0.1) is 6.61 Å². The Morgan fingerprint density at radius 2 is 2.05 bits per heavy atom. The van der Waals surface area contributed by atoms with Crippen molar-refractivity contribution in [2.45, 2.75) is 25.9 Å². The summed E-state index contributed by atoms with van der Waals surface area (Å²) in [4.78, 5) is 11.5. The molecule has 3 N–H and O–H groups in total. The van der Waals surface area contributed by atoms with Gasteiger partial charge in [-0.3, -0.25) is 4.79 Å². The van der Waals surface area contributed by atoms with E-state index in [4.69, 9.17) is 10.5 Å². The molecular weight excluding hydrogens is 489 g/mol. The number of carbonyl (C=O) groups excluding carboxylic acids is 1. The van der Waals surface area contributed by atoms with Crippen LogP contribution in [0.5, 0.6) is 0 Å². The summed E-state index contributed by atoms with van der Waals surface area (Å²) in [6.07, 6.45) is 0.731. The first-order chi connectivity index (χ1) is 9.04. The van der Waals surface area contributed by atoms with Gasteiger partial charge in [-0.15, -0.1) is 12.6 Å². The normalized spacial score (nSPS) is 15.8. The van der Waals surface area contributed by atoms with Crippen LogP contribution in [0.25, 0.3) is 0 Å².